The molecule has 4 unspecified atom stereocenters. The maximum atomic E-state index is 13.0. The quantitative estimate of drug-likeness (QED) is 0.0412. The standard InChI is InChI=1S/C21H41N9O6S/c1-37-10-7-14(20(35)36)29-18(33)13(6-2-3-8-22)28-19(34)15(11-16(24)31)30-17(32)12(23)5-4-9-27-21(25)26/h12-15H,2-11,22-23H2,1H3,(H2,24,31)(H,28,34)(H,29,33)(H,30,32)(H,35,36)(H4,25,26,27). The predicted molar refractivity (Wildman–Crippen MR) is 141 cm³/mol. The summed E-state index contributed by atoms with van der Waals surface area (Å²) in [6.07, 6.45) is 3.22. The van der Waals surface area contributed by atoms with Crippen LogP contribution in [0, 0.1) is 0 Å². The molecular formula is C21H41N9O6S. The van der Waals surface area contributed by atoms with Crippen molar-refractivity contribution in [1.29, 1.82) is 0 Å². The fourth-order valence-corrected chi connectivity index (χ4v) is 3.61. The summed E-state index contributed by atoms with van der Waals surface area (Å²) in [7, 11) is 0. The van der Waals surface area contributed by atoms with Gasteiger partial charge in [0.15, 0.2) is 5.96 Å². The number of carboxylic acids is 1. The van der Waals surface area contributed by atoms with E-state index < -0.39 is 60.2 Å². The van der Waals surface area contributed by atoms with Crippen LogP contribution in [0.25, 0.3) is 0 Å². The highest BCUT2D eigenvalue weighted by Crippen LogP contribution is 2.07. The number of nitrogens with zero attached hydrogens (tertiary/aromatic N) is 1. The fourth-order valence-electron chi connectivity index (χ4n) is 3.14. The molecular weight excluding hydrogens is 506 g/mol. The van der Waals surface area contributed by atoms with E-state index in [1.54, 1.807) is 6.26 Å². The highest BCUT2D eigenvalue weighted by Gasteiger charge is 2.30. The van der Waals surface area contributed by atoms with Crippen molar-refractivity contribution in [3.8, 4) is 0 Å². The lowest BCUT2D eigenvalue weighted by atomic mass is 10.1. The van der Waals surface area contributed by atoms with Crippen LogP contribution in [0.1, 0.15) is 44.9 Å². The van der Waals surface area contributed by atoms with E-state index in [9.17, 15) is 29.1 Å². The van der Waals surface area contributed by atoms with E-state index in [2.05, 4.69) is 20.9 Å². The lowest BCUT2D eigenvalue weighted by Gasteiger charge is -2.25. The Morgan fingerprint density at radius 3 is 1.97 bits per heavy atom. The Bertz CT molecular complexity index is 794. The Balaban J connectivity index is 5.42. The Labute approximate surface area is 220 Å². The Morgan fingerprint density at radius 2 is 1.43 bits per heavy atom. The highest BCUT2D eigenvalue weighted by molar-refractivity contribution is 7.98. The molecule has 0 aromatic carbocycles. The molecule has 212 valence electrons. The number of aliphatic carboxylic acids is 1. The number of carbonyl (C=O) groups excluding carboxylic acids is 4. The van der Waals surface area contributed by atoms with Crippen LogP contribution in [-0.2, 0) is 24.0 Å². The van der Waals surface area contributed by atoms with Crippen LogP contribution >= 0.6 is 11.8 Å². The van der Waals surface area contributed by atoms with Gasteiger partial charge >= 0.3 is 5.97 Å². The van der Waals surface area contributed by atoms with Gasteiger partial charge in [-0.25, -0.2) is 4.79 Å². The molecule has 4 amide bonds. The highest BCUT2D eigenvalue weighted by atomic mass is 32.2. The largest absolute Gasteiger partial charge is 0.480 e. The Kier molecular flexibility index (Phi) is 17.5. The monoisotopic (exact) mass is 547 g/mol. The molecule has 0 radical (unpaired) electrons. The fraction of sp³-hybridized carbons (Fsp3) is 0.714. The number of nitrogens with two attached hydrogens (primary N) is 5. The van der Waals surface area contributed by atoms with E-state index in [1.165, 1.54) is 11.8 Å². The number of carboxylic acid groups (broad SMARTS) is 1. The number of guanidine groups is 1. The molecule has 0 aliphatic carbocycles. The van der Waals surface area contributed by atoms with Crippen molar-refractivity contribution in [2.75, 3.05) is 25.1 Å². The molecule has 0 aliphatic rings. The van der Waals surface area contributed by atoms with Gasteiger partial charge in [0.25, 0.3) is 0 Å². The number of unbranched alkanes of at least 4 members (excludes halogenated alkanes) is 1. The number of hydrogen-bond donors (Lipinski definition) is 9. The summed E-state index contributed by atoms with van der Waals surface area (Å²) in [5.74, 6) is -3.93. The van der Waals surface area contributed by atoms with E-state index >= 15 is 0 Å². The van der Waals surface area contributed by atoms with Gasteiger partial charge in [-0.3, -0.25) is 24.2 Å². The molecule has 14 N–H and O–H groups in total. The molecule has 0 saturated carbocycles. The van der Waals surface area contributed by atoms with Crippen LogP contribution in [0.15, 0.2) is 4.99 Å². The number of nitrogens with one attached hydrogen (secondary N) is 3. The average Bonchev–Trinajstić information content (AvgIpc) is 2.82. The zero-order valence-corrected chi connectivity index (χ0v) is 21.9. The van der Waals surface area contributed by atoms with Crippen LogP contribution in [0.4, 0.5) is 0 Å². The third-order valence-electron chi connectivity index (χ3n) is 5.15. The number of primary amides is 1. The maximum Gasteiger partial charge on any atom is 0.326 e. The van der Waals surface area contributed by atoms with Gasteiger partial charge in [-0.1, -0.05) is 0 Å². The average molecular weight is 548 g/mol. The molecule has 0 spiro atoms. The normalized spacial score (nSPS) is 13.9. The first kappa shape index (κ1) is 33.9. The third-order valence-corrected chi connectivity index (χ3v) is 5.79. The molecule has 16 heteroatoms. The van der Waals surface area contributed by atoms with E-state index in [0.717, 1.165) is 0 Å². The second kappa shape index (κ2) is 19.1. The van der Waals surface area contributed by atoms with Crippen molar-refractivity contribution in [1.82, 2.24) is 16.0 Å². The topological polar surface area (TPSA) is 284 Å². The first-order valence-electron chi connectivity index (χ1n) is 11.8. The summed E-state index contributed by atoms with van der Waals surface area (Å²) >= 11 is 1.43. The minimum atomic E-state index is -1.40. The van der Waals surface area contributed by atoms with Gasteiger partial charge in [0, 0.05) is 6.54 Å². The molecule has 15 nitrogen and oxygen atoms in total. The molecule has 0 fully saturated rings. The lowest BCUT2D eigenvalue weighted by molar-refractivity contribution is -0.142. The van der Waals surface area contributed by atoms with Crippen LogP contribution < -0.4 is 44.6 Å². The molecule has 0 aromatic heterocycles. The van der Waals surface area contributed by atoms with Crippen molar-refractivity contribution < 1.29 is 29.1 Å². The smallest absolute Gasteiger partial charge is 0.326 e. The Hall–Kier alpha value is -3.11. The SMILES string of the molecule is CSCCC(NC(=O)C(CCCCN)NC(=O)C(CC(N)=O)NC(=O)C(N)CCCN=C(N)N)C(=O)O. The summed E-state index contributed by atoms with van der Waals surface area (Å²) in [4.78, 5) is 65.2. The second-order valence-corrected chi connectivity index (χ2v) is 9.30. The van der Waals surface area contributed by atoms with Crippen molar-refractivity contribution in [3.63, 3.8) is 0 Å². The number of aliphatic imine (C=N–C) groups is 1. The van der Waals surface area contributed by atoms with Crippen LogP contribution in [0.5, 0.6) is 0 Å². The van der Waals surface area contributed by atoms with E-state index in [0.29, 0.717) is 31.6 Å². The predicted octanol–water partition coefficient (Wildman–Crippen LogP) is -3.34. The zero-order chi connectivity index (χ0) is 28.4. The summed E-state index contributed by atoms with van der Waals surface area (Å²) in [5, 5.41) is 16.7. The summed E-state index contributed by atoms with van der Waals surface area (Å²) in [6, 6.07) is -4.69. The van der Waals surface area contributed by atoms with Crippen LogP contribution in [0.2, 0.25) is 0 Å². The molecule has 0 rings (SSSR count). The van der Waals surface area contributed by atoms with Gasteiger partial charge in [0.05, 0.1) is 12.5 Å². The van der Waals surface area contributed by atoms with Gasteiger partial charge in [0.1, 0.15) is 18.1 Å². The minimum absolute atomic E-state index is 0.0970. The van der Waals surface area contributed by atoms with Crippen LogP contribution in [-0.4, -0.2) is 89.9 Å². The van der Waals surface area contributed by atoms with Gasteiger partial charge in [-0.2, -0.15) is 11.8 Å². The van der Waals surface area contributed by atoms with Crippen molar-refractivity contribution >= 4 is 47.3 Å². The lowest BCUT2D eigenvalue weighted by Crippen LogP contribution is -2.57. The van der Waals surface area contributed by atoms with Crippen molar-refractivity contribution in [2.45, 2.75) is 69.1 Å². The molecule has 0 heterocycles. The van der Waals surface area contributed by atoms with E-state index in [1.807, 2.05) is 0 Å². The third kappa shape index (κ3) is 15.6. The van der Waals surface area contributed by atoms with Gasteiger partial charge < -0.3 is 49.7 Å². The Morgan fingerprint density at radius 1 is 0.838 bits per heavy atom. The minimum Gasteiger partial charge on any atom is -0.480 e. The zero-order valence-electron chi connectivity index (χ0n) is 21.1. The summed E-state index contributed by atoms with van der Waals surface area (Å²) in [5.41, 5.74) is 27.1. The molecule has 4 atom stereocenters. The molecule has 0 aliphatic heterocycles. The van der Waals surface area contributed by atoms with Gasteiger partial charge in [-0.15, -0.1) is 0 Å². The molecule has 0 saturated heterocycles. The molecule has 37 heavy (non-hydrogen) atoms. The van der Waals surface area contributed by atoms with Gasteiger partial charge in [-0.05, 0) is 57.1 Å². The summed E-state index contributed by atoms with van der Waals surface area (Å²) in [6.45, 7) is 0.609. The van der Waals surface area contributed by atoms with Crippen LogP contribution in [0.3, 0.4) is 0 Å². The number of carbonyl (C=O) groups is 5. The maximum absolute atomic E-state index is 13.0. The number of amides is 4. The van der Waals surface area contributed by atoms with Gasteiger partial charge in [0.2, 0.25) is 23.6 Å². The van der Waals surface area contributed by atoms with E-state index in [4.69, 9.17) is 28.7 Å². The number of hydrogen-bond acceptors (Lipinski definition) is 9. The number of thioether (sulfide) groups is 1. The molecule has 0 bridgehead atoms. The molecule has 0 aromatic rings. The number of rotatable bonds is 20. The first-order chi connectivity index (χ1) is 17.4. The van der Waals surface area contributed by atoms with E-state index in [-0.39, 0.29) is 31.8 Å². The van der Waals surface area contributed by atoms with Crippen molar-refractivity contribution in [2.24, 2.45) is 33.7 Å². The summed E-state index contributed by atoms with van der Waals surface area (Å²) < 4.78 is 0. The second-order valence-electron chi connectivity index (χ2n) is 8.31. The van der Waals surface area contributed by atoms with Crippen molar-refractivity contribution in [3.05, 3.63) is 0 Å². The first-order valence-corrected chi connectivity index (χ1v) is 13.2.